The van der Waals surface area contributed by atoms with Gasteiger partial charge in [0.2, 0.25) is 0 Å². The molecule has 0 bridgehead atoms. The van der Waals surface area contributed by atoms with Gasteiger partial charge in [0.05, 0.1) is 0 Å². The number of hydrogen-bond donors (Lipinski definition) is 2. The number of hydrogen-bond acceptors (Lipinski definition) is 5. The second-order valence-electron chi connectivity index (χ2n) is 6.95. The molecule has 0 saturated carbocycles. The van der Waals surface area contributed by atoms with Gasteiger partial charge in [0.1, 0.15) is 24.3 Å². The zero-order valence-electron chi connectivity index (χ0n) is 16.4. The first-order chi connectivity index (χ1) is 15.2. The van der Waals surface area contributed by atoms with Crippen molar-refractivity contribution in [2.45, 2.75) is 0 Å². The van der Waals surface area contributed by atoms with E-state index in [0.717, 1.165) is 16.5 Å². The fourth-order valence-electron chi connectivity index (χ4n) is 3.27. The van der Waals surface area contributed by atoms with Crippen LogP contribution in [0.5, 0.6) is 0 Å². The van der Waals surface area contributed by atoms with Crippen molar-refractivity contribution < 1.29 is 4.79 Å². The molecule has 0 spiro atoms. The van der Waals surface area contributed by atoms with Gasteiger partial charge in [-0.1, -0.05) is 30.3 Å². The first-order valence-corrected chi connectivity index (χ1v) is 9.72. The molecule has 1 amide bonds. The Balaban J connectivity index is 1.27. The highest BCUT2D eigenvalue weighted by molar-refractivity contribution is 6.06. The smallest absolute Gasteiger partial charge is 0.255 e. The molecule has 0 aliphatic heterocycles. The molecule has 0 saturated heterocycles. The van der Waals surface area contributed by atoms with Gasteiger partial charge in [-0.05, 0) is 47.2 Å². The van der Waals surface area contributed by atoms with Crippen molar-refractivity contribution in [3.8, 4) is 5.82 Å². The monoisotopic (exact) mass is 406 g/mol. The molecule has 0 radical (unpaired) electrons. The van der Waals surface area contributed by atoms with Crippen LogP contribution in [-0.2, 0) is 0 Å². The number of anilines is 3. The van der Waals surface area contributed by atoms with Gasteiger partial charge in [0.25, 0.3) is 5.91 Å². The van der Waals surface area contributed by atoms with E-state index in [9.17, 15) is 4.79 Å². The lowest BCUT2D eigenvalue weighted by molar-refractivity contribution is 0.102. The van der Waals surface area contributed by atoms with Crippen LogP contribution in [0.2, 0.25) is 0 Å². The highest BCUT2D eigenvalue weighted by Crippen LogP contribution is 2.20. The highest BCUT2D eigenvalue weighted by Gasteiger charge is 2.07. The molecule has 3 aromatic carbocycles. The lowest BCUT2D eigenvalue weighted by atomic mass is 10.1. The van der Waals surface area contributed by atoms with Crippen LogP contribution in [0.3, 0.4) is 0 Å². The van der Waals surface area contributed by atoms with E-state index in [-0.39, 0.29) is 5.91 Å². The topological polar surface area (TPSA) is 84.7 Å². The molecule has 2 N–H and O–H groups in total. The highest BCUT2D eigenvalue weighted by atomic mass is 16.1. The van der Waals surface area contributed by atoms with E-state index in [1.807, 2.05) is 79.0 Å². The van der Waals surface area contributed by atoms with Gasteiger partial charge in [-0.3, -0.25) is 9.36 Å². The minimum atomic E-state index is -0.146. The Morgan fingerprint density at radius 3 is 2.45 bits per heavy atom. The summed E-state index contributed by atoms with van der Waals surface area (Å²) < 4.78 is 1.80. The van der Waals surface area contributed by atoms with Crippen LogP contribution in [0.1, 0.15) is 10.4 Å². The van der Waals surface area contributed by atoms with Crippen LogP contribution in [0.25, 0.3) is 16.6 Å². The Hall–Kier alpha value is -4.52. The molecule has 0 fully saturated rings. The van der Waals surface area contributed by atoms with Gasteiger partial charge in [-0.15, -0.1) is 0 Å². The van der Waals surface area contributed by atoms with Gasteiger partial charge >= 0.3 is 0 Å². The molecule has 5 aromatic rings. The Morgan fingerprint density at radius 1 is 0.839 bits per heavy atom. The van der Waals surface area contributed by atoms with Gasteiger partial charge in [0, 0.05) is 35.4 Å². The zero-order valence-corrected chi connectivity index (χ0v) is 16.4. The molecule has 2 heterocycles. The summed E-state index contributed by atoms with van der Waals surface area (Å²) in [4.78, 5) is 25.2. The van der Waals surface area contributed by atoms with Crippen molar-refractivity contribution >= 4 is 33.9 Å². The maximum absolute atomic E-state index is 12.6. The van der Waals surface area contributed by atoms with Crippen LogP contribution in [0.15, 0.2) is 97.8 Å². The fourth-order valence-corrected chi connectivity index (χ4v) is 3.27. The number of carbonyl (C=O) groups is 1. The summed E-state index contributed by atoms with van der Waals surface area (Å²) in [6, 6.07) is 22.9. The van der Waals surface area contributed by atoms with Crippen molar-refractivity contribution in [1.82, 2.24) is 19.5 Å². The van der Waals surface area contributed by atoms with E-state index in [4.69, 9.17) is 0 Å². The zero-order chi connectivity index (χ0) is 21.0. The Bertz CT molecular complexity index is 1350. The summed E-state index contributed by atoms with van der Waals surface area (Å²) in [7, 11) is 0. The summed E-state index contributed by atoms with van der Waals surface area (Å²) in [6.07, 6.45) is 6.69. The van der Waals surface area contributed by atoms with Crippen molar-refractivity contribution in [2.24, 2.45) is 0 Å². The number of benzene rings is 3. The van der Waals surface area contributed by atoms with Crippen molar-refractivity contribution in [1.29, 1.82) is 0 Å². The van der Waals surface area contributed by atoms with Gasteiger partial charge in [-0.25, -0.2) is 15.0 Å². The van der Waals surface area contributed by atoms with Crippen molar-refractivity contribution in [3.05, 3.63) is 103 Å². The molecule has 2 aromatic heterocycles. The molecule has 7 heteroatoms. The summed E-state index contributed by atoms with van der Waals surface area (Å²) in [5.41, 5.74) is 2.18. The number of amides is 1. The molecule has 0 unspecified atom stereocenters. The molecule has 0 aliphatic carbocycles. The molecule has 7 nitrogen and oxygen atoms in total. The van der Waals surface area contributed by atoms with E-state index in [2.05, 4.69) is 25.6 Å². The predicted octanol–water partition coefficient (Wildman–Crippen LogP) is 4.81. The third-order valence-corrected chi connectivity index (χ3v) is 4.85. The van der Waals surface area contributed by atoms with Crippen molar-refractivity contribution in [2.75, 3.05) is 10.6 Å². The Kier molecular flexibility index (Phi) is 4.82. The van der Waals surface area contributed by atoms with E-state index in [1.54, 1.807) is 17.1 Å². The third-order valence-electron chi connectivity index (χ3n) is 4.85. The number of aromatic nitrogens is 4. The van der Waals surface area contributed by atoms with Crippen LogP contribution in [-0.4, -0.2) is 25.4 Å². The average Bonchev–Trinajstić information content (AvgIpc) is 3.35. The third kappa shape index (κ3) is 4.11. The molecule has 0 atom stereocenters. The minimum absolute atomic E-state index is 0.146. The van der Waals surface area contributed by atoms with Crippen molar-refractivity contribution in [3.63, 3.8) is 0 Å². The minimum Gasteiger partial charge on any atom is -0.340 e. The molecular weight excluding hydrogens is 388 g/mol. The number of rotatable bonds is 5. The number of fused-ring (bicyclic) bond motifs is 1. The molecular formula is C24H18N6O. The quantitative estimate of drug-likeness (QED) is 0.437. The maximum atomic E-state index is 12.6. The summed E-state index contributed by atoms with van der Waals surface area (Å²) in [6.45, 7) is 0. The van der Waals surface area contributed by atoms with Crippen LogP contribution >= 0.6 is 0 Å². The molecule has 0 aliphatic rings. The standard InChI is InChI=1S/C24H18N6O/c31-24(19-6-5-17-3-1-2-4-18(17)13-19)29-21-9-7-20(8-10-21)28-22-14-23(27-15-26-22)30-12-11-25-16-30/h1-16H,(H,29,31)(H,26,27,28). The fraction of sp³-hybridized carbons (Fsp3) is 0. The number of nitrogens with one attached hydrogen (secondary N) is 2. The average molecular weight is 406 g/mol. The lowest BCUT2D eigenvalue weighted by Crippen LogP contribution is -2.11. The summed E-state index contributed by atoms with van der Waals surface area (Å²) in [5, 5.41) is 8.32. The van der Waals surface area contributed by atoms with E-state index in [1.165, 1.54) is 6.33 Å². The first-order valence-electron chi connectivity index (χ1n) is 9.72. The van der Waals surface area contributed by atoms with Crippen LogP contribution in [0.4, 0.5) is 17.2 Å². The maximum Gasteiger partial charge on any atom is 0.255 e. The predicted molar refractivity (Wildman–Crippen MR) is 121 cm³/mol. The molecule has 150 valence electrons. The second-order valence-corrected chi connectivity index (χ2v) is 6.95. The Morgan fingerprint density at radius 2 is 1.65 bits per heavy atom. The van der Waals surface area contributed by atoms with Gasteiger partial charge < -0.3 is 10.6 Å². The Labute approximate surface area is 178 Å². The van der Waals surface area contributed by atoms with Crippen LogP contribution < -0.4 is 10.6 Å². The first kappa shape index (κ1) is 18.5. The number of nitrogens with zero attached hydrogens (tertiary/aromatic N) is 4. The van der Waals surface area contributed by atoms with Gasteiger partial charge in [0.15, 0.2) is 0 Å². The van der Waals surface area contributed by atoms with E-state index >= 15 is 0 Å². The largest absolute Gasteiger partial charge is 0.340 e. The molecule has 5 rings (SSSR count). The van der Waals surface area contributed by atoms with E-state index in [0.29, 0.717) is 22.9 Å². The van der Waals surface area contributed by atoms with Gasteiger partial charge in [-0.2, -0.15) is 0 Å². The SMILES string of the molecule is O=C(Nc1ccc(Nc2cc(-n3ccnc3)ncn2)cc1)c1ccc2ccccc2c1. The summed E-state index contributed by atoms with van der Waals surface area (Å²) >= 11 is 0. The number of carbonyl (C=O) groups excluding carboxylic acids is 1. The molecule has 31 heavy (non-hydrogen) atoms. The normalized spacial score (nSPS) is 10.7. The summed E-state index contributed by atoms with van der Waals surface area (Å²) in [5.74, 6) is 1.23. The number of imidazole rings is 1. The van der Waals surface area contributed by atoms with E-state index < -0.39 is 0 Å². The lowest BCUT2D eigenvalue weighted by Gasteiger charge is -2.09. The second kappa shape index (κ2) is 8.08. The van der Waals surface area contributed by atoms with Crippen LogP contribution in [0, 0.1) is 0 Å².